The van der Waals surface area contributed by atoms with Crippen LogP contribution in [0.4, 0.5) is 0 Å². The Hall–Kier alpha value is -1.42. The molecule has 0 aliphatic heterocycles. The van der Waals surface area contributed by atoms with Crippen LogP contribution < -0.4 is 0 Å². The van der Waals surface area contributed by atoms with Gasteiger partial charge in [0, 0.05) is 12.8 Å². The molecule has 100 valence electrons. The average Bonchev–Trinajstić information content (AvgIpc) is 2.40. The van der Waals surface area contributed by atoms with Crippen LogP contribution in [0.2, 0.25) is 0 Å². The van der Waals surface area contributed by atoms with Crippen molar-refractivity contribution in [3.05, 3.63) is 0 Å². The second-order valence-electron chi connectivity index (χ2n) is 4.46. The van der Waals surface area contributed by atoms with Crippen LogP contribution in [-0.2, 0) is 0 Å². The predicted octanol–water partition coefficient (Wildman–Crippen LogP) is 4.38. The summed E-state index contributed by atoms with van der Waals surface area (Å²) in [4.78, 5) is 0. The van der Waals surface area contributed by atoms with Crippen LogP contribution in [0.1, 0.15) is 65.2 Å². The monoisotopic (exact) mass is 248 g/mol. The quantitative estimate of drug-likeness (QED) is 0.425. The lowest BCUT2D eigenvalue weighted by atomic mass is 10.1. The summed E-state index contributed by atoms with van der Waals surface area (Å²) in [5.74, 6) is 0. The Morgan fingerprint density at radius 3 is 1.50 bits per heavy atom. The highest BCUT2D eigenvalue weighted by Crippen LogP contribution is 2.13. The number of unbranched alkanes of at least 4 members (excludes halogenated alkanes) is 2. The normalized spacial score (nSPS) is 14.0. The minimum Gasteiger partial charge on any atom is -0.198 e. The smallest absolute Gasteiger partial charge is 0.0706 e. The molecule has 0 aromatic heterocycles. The lowest BCUT2D eigenvalue weighted by Crippen LogP contribution is -2.06. The Balaban J connectivity index is 4.03. The summed E-state index contributed by atoms with van der Waals surface area (Å²) in [6.45, 7) is 4.21. The second-order valence-corrected chi connectivity index (χ2v) is 4.46. The zero-order valence-electron chi connectivity index (χ0n) is 11.6. The summed E-state index contributed by atoms with van der Waals surface area (Å²) in [6, 6.07) is 4.82. The number of hydrogen-bond acceptors (Lipinski definition) is 4. The summed E-state index contributed by atoms with van der Waals surface area (Å²) in [5.41, 5.74) is 0. The lowest BCUT2D eigenvalue weighted by Gasteiger charge is -2.10. The molecule has 0 aromatic rings. The van der Waals surface area contributed by atoms with Crippen LogP contribution in [0.25, 0.3) is 0 Å². The first-order chi connectivity index (χ1) is 8.78. The van der Waals surface area contributed by atoms with E-state index in [-0.39, 0.29) is 12.1 Å². The third kappa shape index (κ3) is 8.70. The number of rotatable bonds is 10. The number of azo groups is 1. The third-order valence-electron chi connectivity index (χ3n) is 2.99. The second kappa shape index (κ2) is 12.0. The first-order valence-corrected chi connectivity index (χ1v) is 6.92. The molecular formula is C14H24N4. The minimum atomic E-state index is 0.253. The Bertz CT molecular complexity index is 268. The van der Waals surface area contributed by atoms with Gasteiger partial charge >= 0.3 is 0 Å². The number of nitrogens with zero attached hydrogens (tertiary/aromatic N) is 4. The molecule has 0 heterocycles. The largest absolute Gasteiger partial charge is 0.198 e. The average molecular weight is 248 g/mol. The fourth-order valence-corrected chi connectivity index (χ4v) is 1.71. The molecule has 0 N–H and O–H groups in total. The summed E-state index contributed by atoms with van der Waals surface area (Å²) < 4.78 is 0. The topological polar surface area (TPSA) is 72.3 Å². The van der Waals surface area contributed by atoms with Crippen molar-refractivity contribution in [3.8, 4) is 12.1 Å². The van der Waals surface area contributed by atoms with E-state index in [0.29, 0.717) is 12.8 Å². The fourth-order valence-electron chi connectivity index (χ4n) is 1.71. The van der Waals surface area contributed by atoms with E-state index in [1.165, 1.54) is 0 Å². The zero-order valence-corrected chi connectivity index (χ0v) is 11.6. The fraction of sp³-hybridized carbons (Fsp3) is 0.857. The number of hydrogen-bond donors (Lipinski definition) is 0. The predicted molar refractivity (Wildman–Crippen MR) is 71.9 cm³/mol. The van der Waals surface area contributed by atoms with E-state index in [9.17, 15) is 0 Å². The van der Waals surface area contributed by atoms with Gasteiger partial charge in [-0.3, -0.25) is 0 Å². The van der Waals surface area contributed by atoms with Gasteiger partial charge in [0.05, 0.1) is 24.2 Å². The van der Waals surface area contributed by atoms with Crippen LogP contribution >= 0.6 is 0 Å². The van der Waals surface area contributed by atoms with Gasteiger partial charge in [0.15, 0.2) is 0 Å². The molecule has 2 atom stereocenters. The maximum absolute atomic E-state index is 8.50. The molecule has 0 spiro atoms. The van der Waals surface area contributed by atoms with E-state index in [1.807, 2.05) is 0 Å². The lowest BCUT2D eigenvalue weighted by molar-refractivity contribution is 0.493. The number of nitriles is 2. The van der Waals surface area contributed by atoms with E-state index >= 15 is 0 Å². The van der Waals surface area contributed by atoms with E-state index in [1.54, 1.807) is 0 Å². The van der Waals surface area contributed by atoms with Crippen molar-refractivity contribution in [2.24, 2.45) is 10.2 Å². The standard InChI is InChI=1S/C14H24N4/c1-3-13(9-5-7-11-15)17-18-14(4-2)10-6-8-12-16/h13-14H,3-10H2,1-2H3. The van der Waals surface area contributed by atoms with Gasteiger partial charge < -0.3 is 0 Å². The Morgan fingerprint density at radius 1 is 0.833 bits per heavy atom. The van der Waals surface area contributed by atoms with Gasteiger partial charge in [-0.15, -0.1) is 0 Å². The summed E-state index contributed by atoms with van der Waals surface area (Å²) in [5, 5.41) is 25.8. The van der Waals surface area contributed by atoms with Crippen molar-refractivity contribution in [1.29, 1.82) is 10.5 Å². The van der Waals surface area contributed by atoms with Crippen molar-refractivity contribution in [2.75, 3.05) is 0 Å². The van der Waals surface area contributed by atoms with Crippen molar-refractivity contribution in [1.82, 2.24) is 0 Å². The van der Waals surface area contributed by atoms with Gasteiger partial charge in [0.25, 0.3) is 0 Å². The van der Waals surface area contributed by atoms with Gasteiger partial charge in [-0.2, -0.15) is 20.8 Å². The summed E-state index contributed by atoms with van der Waals surface area (Å²) >= 11 is 0. The highest BCUT2D eigenvalue weighted by atomic mass is 15.1. The molecule has 4 heteroatoms. The van der Waals surface area contributed by atoms with Crippen molar-refractivity contribution in [3.63, 3.8) is 0 Å². The van der Waals surface area contributed by atoms with Crippen molar-refractivity contribution in [2.45, 2.75) is 77.3 Å². The summed E-state index contributed by atoms with van der Waals surface area (Å²) in [6.07, 6.45) is 6.85. The van der Waals surface area contributed by atoms with Crippen LogP contribution in [0.5, 0.6) is 0 Å². The molecule has 0 aliphatic rings. The molecule has 0 aliphatic carbocycles. The Kier molecular flexibility index (Phi) is 11.1. The molecule has 4 nitrogen and oxygen atoms in total. The van der Waals surface area contributed by atoms with Crippen LogP contribution in [0, 0.1) is 22.7 Å². The molecule has 0 aromatic carbocycles. The van der Waals surface area contributed by atoms with Gasteiger partial charge in [-0.05, 0) is 38.5 Å². The Morgan fingerprint density at radius 2 is 1.22 bits per heavy atom. The molecule has 0 radical (unpaired) electrons. The zero-order chi connectivity index (χ0) is 13.6. The summed E-state index contributed by atoms with van der Waals surface area (Å²) in [7, 11) is 0. The van der Waals surface area contributed by atoms with Crippen LogP contribution in [-0.4, -0.2) is 12.1 Å². The van der Waals surface area contributed by atoms with E-state index in [2.05, 4.69) is 36.2 Å². The Labute approximate surface area is 111 Å². The molecule has 0 amide bonds. The van der Waals surface area contributed by atoms with Gasteiger partial charge in [-0.25, -0.2) is 0 Å². The molecule has 0 saturated heterocycles. The first kappa shape index (κ1) is 16.6. The van der Waals surface area contributed by atoms with Crippen molar-refractivity contribution >= 4 is 0 Å². The SMILES string of the molecule is CCC(CCCC#N)N=NC(CC)CCCC#N. The molecular weight excluding hydrogens is 224 g/mol. The third-order valence-corrected chi connectivity index (χ3v) is 2.99. The highest BCUT2D eigenvalue weighted by molar-refractivity contribution is 4.74. The van der Waals surface area contributed by atoms with Crippen LogP contribution in [0.15, 0.2) is 10.2 Å². The maximum atomic E-state index is 8.50. The maximum Gasteiger partial charge on any atom is 0.0706 e. The van der Waals surface area contributed by atoms with Crippen LogP contribution in [0.3, 0.4) is 0 Å². The van der Waals surface area contributed by atoms with Crippen molar-refractivity contribution < 1.29 is 0 Å². The van der Waals surface area contributed by atoms with Gasteiger partial charge in [0.1, 0.15) is 0 Å². The molecule has 0 rings (SSSR count). The molecule has 18 heavy (non-hydrogen) atoms. The molecule has 0 bridgehead atoms. The molecule has 0 saturated carbocycles. The van der Waals surface area contributed by atoms with Gasteiger partial charge in [0.2, 0.25) is 0 Å². The first-order valence-electron chi connectivity index (χ1n) is 6.92. The minimum absolute atomic E-state index is 0.253. The van der Waals surface area contributed by atoms with E-state index < -0.39 is 0 Å². The van der Waals surface area contributed by atoms with E-state index in [0.717, 1.165) is 38.5 Å². The van der Waals surface area contributed by atoms with E-state index in [4.69, 9.17) is 10.5 Å². The molecule has 0 fully saturated rings. The molecule has 2 unspecified atom stereocenters. The highest BCUT2D eigenvalue weighted by Gasteiger charge is 2.07. The van der Waals surface area contributed by atoms with Gasteiger partial charge in [-0.1, -0.05) is 13.8 Å².